The highest BCUT2D eigenvalue weighted by atomic mass is 35.5. The second kappa shape index (κ2) is 4.31. The number of pyridine rings is 1. The lowest BCUT2D eigenvalue weighted by Gasteiger charge is -2.45. The number of hydrogen-bond donors (Lipinski definition) is 1. The van der Waals surface area contributed by atoms with Gasteiger partial charge >= 0.3 is 0 Å². The molecule has 1 amide bonds. The van der Waals surface area contributed by atoms with Gasteiger partial charge in [-0.05, 0) is 19.9 Å². The van der Waals surface area contributed by atoms with Gasteiger partial charge in [0.15, 0.2) is 5.82 Å². The lowest BCUT2D eigenvalue weighted by Crippen LogP contribution is -2.62. The van der Waals surface area contributed by atoms with Crippen LogP contribution in [0.3, 0.4) is 0 Å². The van der Waals surface area contributed by atoms with Gasteiger partial charge in [0.05, 0.1) is 10.7 Å². The van der Waals surface area contributed by atoms with E-state index >= 15 is 0 Å². The van der Waals surface area contributed by atoms with E-state index in [0.717, 1.165) is 0 Å². The smallest absolute Gasteiger partial charge is 0.247 e. The number of anilines is 2. The Morgan fingerprint density at radius 3 is 2.72 bits per heavy atom. The number of carbonyl (C=O) groups excluding carboxylic acids is 1. The number of hydrogen-bond acceptors (Lipinski definition) is 4. The van der Waals surface area contributed by atoms with Crippen molar-refractivity contribution in [3.63, 3.8) is 0 Å². The minimum atomic E-state index is -0.651. The van der Waals surface area contributed by atoms with Crippen molar-refractivity contribution in [2.24, 2.45) is 0 Å². The molecule has 1 fully saturated rings. The molecular weight excluding hydrogens is 252 g/mol. The summed E-state index contributed by atoms with van der Waals surface area (Å²) in [5.74, 6) is 0.677. The van der Waals surface area contributed by atoms with Gasteiger partial charge in [-0.2, -0.15) is 0 Å². The fourth-order valence-corrected chi connectivity index (χ4v) is 2.42. The number of nitrogens with zero attached hydrogens (tertiary/aromatic N) is 3. The molecule has 2 heterocycles. The van der Waals surface area contributed by atoms with E-state index in [-0.39, 0.29) is 5.91 Å². The number of aromatic nitrogens is 1. The molecule has 98 valence electrons. The van der Waals surface area contributed by atoms with Crippen LogP contribution < -0.4 is 10.6 Å². The van der Waals surface area contributed by atoms with E-state index in [1.807, 2.05) is 18.7 Å². The summed E-state index contributed by atoms with van der Waals surface area (Å²) in [7, 11) is 1.81. The second-order valence-electron chi connectivity index (χ2n) is 5.00. The molecule has 1 saturated heterocycles. The lowest BCUT2D eigenvalue weighted by atomic mass is 9.97. The number of amides is 1. The Kier molecular flexibility index (Phi) is 3.11. The maximum absolute atomic E-state index is 12.2. The molecule has 6 heteroatoms. The molecule has 0 saturated carbocycles. The minimum absolute atomic E-state index is 0.0601. The van der Waals surface area contributed by atoms with Gasteiger partial charge in [0, 0.05) is 26.3 Å². The van der Waals surface area contributed by atoms with Crippen molar-refractivity contribution >= 4 is 29.0 Å². The number of likely N-dealkylation sites (N-methyl/N-ethyl adjacent to an activating group) is 1. The molecule has 0 bridgehead atoms. The fourth-order valence-electron chi connectivity index (χ4n) is 2.26. The van der Waals surface area contributed by atoms with Crippen LogP contribution in [-0.2, 0) is 4.79 Å². The van der Waals surface area contributed by atoms with Crippen molar-refractivity contribution in [3.05, 3.63) is 17.3 Å². The number of carbonyl (C=O) groups is 1. The monoisotopic (exact) mass is 268 g/mol. The van der Waals surface area contributed by atoms with Crippen LogP contribution in [-0.4, -0.2) is 41.5 Å². The van der Waals surface area contributed by atoms with Gasteiger partial charge < -0.3 is 15.5 Å². The van der Waals surface area contributed by atoms with Crippen LogP contribution in [0.4, 0.5) is 11.5 Å². The van der Waals surface area contributed by atoms with Gasteiger partial charge in [0.1, 0.15) is 5.54 Å². The summed E-state index contributed by atoms with van der Waals surface area (Å²) in [6.45, 7) is 5.11. The Balaban J connectivity index is 2.41. The van der Waals surface area contributed by atoms with Crippen LogP contribution in [0.1, 0.15) is 13.8 Å². The second-order valence-corrected chi connectivity index (χ2v) is 5.44. The van der Waals surface area contributed by atoms with Crippen LogP contribution in [0, 0.1) is 0 Å². The third kappa shape index (κ3) is 1.99. The molecule has 0 aromatic carbocycles. The van der Waals surface area contributed by atoms with Crippen molar-refractivity contribution in [2.75, 3.05) is 30.8 Å². The number of piperazine rings is 1. The maximum Gasteiger partial charge on any atom is 0.247 e. The summed E-state index contributed by atoms with van der Waals surface area (Å²) in [5.41, 5.74) is 5.78. The summed E-state index contributed by atoms with van der Waals surface area (Å²) in [4.78, 5) is 20.1. The zero-order chi connectivity index (χ0) is 13.5. The SMILES string of the molecule is CN1CCN(c2ncc(Cl)cc2N)C(C)(C)C1=O. The van der Waals surface area contributed by atoms with E-state index in [1.165, 1.54) is 0 Å². The van der Waals surface area contributed by atoms with Gasteiger partial charge in [0.2, 0.25) is 5.91 Å². The Morgan fingerprint density at radius 2 is 2.11 bits per heavy atom. The average molecular weight is 269 g/mol. The van der Waals surface area contributed by atoms with E-state index in [9.17, 15) is 4.79 Å². The third-order valence-electron chi connectivity index (χ3n) is 3.32. The van der Waals surface area contributed by atoms with Crippen LogP contribution in [0.5, 0.6) is 0 Å². The van der Waals surface area contributed by atoms with Crippen LogP contribution in [0.2, 0.25) is 5.02 Å². The van der Waals surface area contributed by atoms with Crippen molar-refractivity contribution in [1.29, 1.82) is 0 Å². The first-order chi connectivity index (χ1) is 8.34. The predicted molar refractivity (Wildman–Crippen MR) is 72.7 cm³/mol. The van der Waals surface area contributed by atoms with Crippen molar-refractivity contribution < 1.29 is 4.79 Å². The molecule has 5 nitrogen and oxygen atoms in total. The molecule has 0 unspecified atom stereocenters. The first-order valence-electron chi connectivity index (χ1n) is 5.78. The Labute approximate surface area is 112 Å². The Bertz CT molecular complexity index is 489. The summed E-state index contributed by atoms with van der Waals surface area (Å²) in [6, 6.07) is 1.66. The predicted octanol–water partition coefficient (Wildman–Crippen LogP) is 1.37. The van der Waals surface area contributed by atoms with E-state index in [4.69, 9.17) is 17.3 Å². The van der Waals surface area contributed by atoms with Crippen molar-refractivity contribution in [2.45, 2.75) is 19.4 Å². The maximum atomic E-state index is 12.2. The van der Waals surface area contributed by atoms with E-state index < -0.39 is 5.54 Å². The van der Waals surface area contributed by atoms with Crippen LogP contribution in [0.15, 0.2) is 12.3 Å². The van der Waals surface area contributed by atoms with Crippen molar-refractivity contribution in [1.82, 2.24) is 9.88 Å². The normalized spacial score (nSPS) is 19.2. The number of nitrogens with two attached hydrogens (primary N) is 1. The highest BCUT2D eigenvalue weighted by molar-refractivity contribution is 6.30. The summed E-state index contributed by atoms with van der Waals surface area (Å²) in [6.07, 6.45) is 1.55. The molecule has 0 atom stereocenters. The molecule has 1 aromatic heterocycles. The molecule has 0 aliphatic carbocycles. The molecule has 18 heavy (non-hydrogen) atoms. The van der Waals surface area contributed by atoms with Gasteiger partial charge in [-0.25, -0.2) is 4.98 Å². The largest absolute Gasteiger partial charge is 0.396 e. The highest BCUT2D eigenvalue weighted by Crippen LogP contribution is 2.31. The minimum Gasteiger partial charge on any atom is -0.396 e. The average Bonchev–Trinajstić information content (AvgIpc) is 2.28. The number of halogens is 1. The van der Waals surface area contributed by atoms with E-state index in [1.54, 1.807) is 24.2 Å². The molecule has 0 spiro atoms. The van der Waals surface area contributed by atoms with Gasteiger partial charge in [-0.15, -0.1) is 0 Å². The number of nitrogen functional groups attached to an aromatic ring is 1. The standard InChI is InChI=1S/C12H17ClN4O/c1-12(2)11(18)16(3)4-5-17(12)10-9(14)6-8(13)7-15-10/h6-7H,4-5,14H2,1-3H3. The quantitative estimate of drug-likeness (QED) is 0.836. The molecule has 1 aromatic rings. The third-order valence-corrected chi connectivity index (χ3v) is 3.53. The Morgan fingerprint density at radius 1 is 1.44 bits per heavy atom. The van der Waals surface area contributed by atoms with Crippen LogP contribution >= 0.6 is 11.6 Å². The summed E-state index contributed by atoms with van der Waals surface area (Å²) >= 11 is 5.84. The van der Waals surface area contributed by atoms with Crippen molar-refractivity contribution in [3.8, 4) is 0 Å². The molecule has 2 rings (SSSR count). The topological polar surface area (TPSA) is 62.5 Å². The summed E-state index contributed by atoms with van der Waals surface area (Å²) in [5, 5.41) is 0.495. The zero-order valence-electron chi connectivity index (χ0n) is 10.8. The molecule has 1 aliphatic heterocycles. The van der Waals surface area contributed by atoms with Crippen LogP contribution in [0.25, 0.3) is 0 Å². The molecule has 0 radical (unpaired) electrons. The highest BCUT2D eigenvalue weighted by Gasteiger charge is 2.41. The van der Waals surface area contributed by atoms with E-state index in [2.05, 4.69) is 4.98 Å². The van der Waals surface area contributed by atoms with Gasteiger partial charge in [-0.3, -0.25) is 4.79 Å². The molecule has 2 N–H and O–H groups in total. The zero-order valence-corrected chi connectivity index (χ0v) is 11.5. The first kappa shape index (κ1) is 13.0. The number of rotatable bonds is 1. The molecular formula is C12H17ClN4O. The first-order valence-corrected chi connectivity index (χ1v) is 6.16. The van der Waals surface area contributed by atoms with E-state index in [0.29, 0.717) is 29.6 Å². The van der Waals surface area contributed by atoms with Gasteiger partial charge in [-0.1, -0.05) is 11.6 Å². The summed E-state index contributed by atoms with van der Waals surface area (Å²) < 4.78 is 0. The lowest BCUT2D eigenvalue weighted by molar-refractivity contribution is -0.136. The Hall–Kier alpha value is -1.49. The fraction of sp³-hybridized carbons (Fsp3) is 0.500. The molecule has 1 aliphatic rings. The van der Waals surface area contributed by atoms with Gasteiger partial charge in [0.25, 0.3) is 0 Å².